The van der Waals surface area contributed by atoms with E-state index in [1.54, 1.807) is 40.3 Å². The Kier molecular flexibility index (Phi) is 14.5. The first-order chi connectivity index (χ1) is 16.6. The van der Waals surface area contributed by atoms with Crippen LogP contribution in [0.25, 0.3) is 0 Å². The zero-order valence-electron chi connectivity index (χ0n) is 20.2. The van der Waals surface area contributed by atoms with Crippen LogP contribution in [-0.2, 0) is 33.8 Å². The number of halogens is 2. The van der Waals surface area contributed by atoms with Gasteiger partial charge < -0.3 is 5.32 Å². The predicted octanol–water partition coefficient (Wildman–Crippen LogP) is 9.30. The lowest BCUT2D eigenvalue weighted by atomic mass is 10.2. The van der Waals surface area contributed by atoms with Crippen LogP contribution in [0, 0.1) is 0 Å². The lowest BCUT2D eigenvalue weighted by molar-refractivity contribution is -0.113. The first-order valence-electron chi connectivity index (χ1n) is 11.3. The molecule has 4 nitrogen and oxygen atoms in total. The number of rotatable bonds is 14. The molecule has 1 amide bonds. The number of unbranched alkanes of at least 4 members (excludes halogenated alkanes) is 2. The Balaban J connectivity index is 2.05. The van der Waals surface area contributed by atoms with Gasteiger partial charge in [-0.15, -0.1) is 11.4 Å². The van der Waals surface area contributed by atoms with Crippen molar-refractivity contribution in [2.45, 2.75) is 68.4 Å². The molecule has 0 radical (unpaired) electrons. The molecule has 0 spiro atoms. The van der Waals surface area contributed by atoms with Crippen LogP contribution in [0.1, 0.15) is 52.5 Å². The summed E-state index contributed by atoms with van der Waals surface area (Å²) in [4.78, 5) is 19.0. The Hall–Kier alpha value is 0.650. The highest BCUT2D eigenvalue weighted by Gasteiger charge is 2.24. The number of nitrogens with one attached hydrogen (secondary N) is 1. The molecule has 2 unspecified atom stereocenters. The summed E-state index contributed by atoms with van der Waals surface area (Å²) in [6.45, 7) is 8.46. The number of carbonyl (C=O) groups is 1. The molecule has 194 valence electrons. The smallest absolute Gasteiger partial charge is 0.235 e. The highest BCUT2D eigenvalue weighted by Crippen LogP contribution is 2.80. The molecule has 0 saturated carbocycles. The first kappa shape index (κ1) is 31.9. The third-order valence-electron chi connectivity index (χ3n) is 4.61. The summed E-state index contributed by atoms with van der Waals surface area (Å²) in [6, 6.07) is 7.91. The van der Waals surface area contributed by atoms with Gasteiger partial charge in [-0.3, -0.25) is 9.00 Å². The summed E-state index contributed by atoms with van der Waals surface area (Å²) >= 11 is 18.1. The Morgan fingerprint density at radius 3 is 2.49 bits per heavy atom. The van der Waals surface area contributed by atoms with Crippen molar-refractivity contribution in [3.63, 3.8) is 0 Å². The molecule has 0 saturated heterocycles. The van der Waals surface area contributed by atoms with Gasteiger partial charge in [0.2, 0.25) is 5.91 Å². The van der Waals surface area contributed by atoms with Crippen LogP contribution in [0.15, 0.2) is 49.2 Å². The quantitative estimate of drug-likeness (QED) is 0.154. The average Bonchev–Trinajstić information content (AvgIpc) is 2.80. The van der Waals surface area contributed by atoms with Crippen LogP contribution in [-0.4, -0.2) is 31.9 Å². The molecule has 2 aromatic rings. The minimum Gasteiger partial charge on any atom is -0.309 e. The van der Waals surface area contributed by atoms with E-state index in [2.05, 4.69) is 69.9 Å². The summed E-state index contributed by atoms with van der Waals surface area (Å²) in [7, 11) is -0.963. The molecule has 1 aromatic carbocycles. The summed E-state index contributed by atoms with van der Waals surface area (Å²) in [6.07, 6.45) is 5.73. The van der Waals surface area contributed by atoms with Crippen molar-refractivity contribution in [1.29, 1.82) is 0 Å². The van der Waals surface area contributed by atoms with Gasteiger partial charge in [-0.25, -0.2) is 4.98 Å². The lowest BCUT2D eigenvalue weighted by Gasteiger charge is -2.22. The van der Waals surface area contributed by atoms with Crippen LogP contribution >= 0.6 is 69.6 Å². The fourth-order valence-corrected chi connectivity index (χ4v) is 20.9. The minimum atomic E-state index is -2.04. The summed E-state index contributed by atoms with van der Waals surface area (Å²) in [5.74, 6) is 1.37. The van der Waals surface area contributed by atoms with Crippen LogP contribution in [0.2, 0.25) is 0 Å². The molecule has 35 heavy (non-hydrogen) atoms. The SMILES string of the molecule is CCCCCS(=O)c1ccc(SP(=S)(SCC(=O)Nc2ncc(Br)c(CC)c2Br)SC(C)C)cc1. The molecule has 0 bridgehead atoms. The van der Waals surface area contributed by atoms with E-state index >= 15 is 0 Å². The van der Waals surface area contributed by atoms with E-state index in [-0.39, 0.29) is 11.7 Å². The number of anilines is 1. The number of hydrogen-bond acceptors (Lipinski definition) is 7. The standard InChI is InChI=1S/C23H31Br2N2O2PS5/c1-5-7-8-13-35(29)18-11-9-17(10-12-18)34-30(31,33-16(3)4)32-15-21(28)27-23-22(25)19(6-2)20(24)14-26-23/h9-12,14,16H,5-8,13,15H2,1-4H3,(H,26,27,28). The summed E-state index contributed by atoms with van der Waals surface area (Å²) in [5, 5.41) is 3.27. The van der Waals surface area contributed by atoms with Crippen molar-refractivity contribution >= 4 is 104 Å². The van der Waals surface area contributed by atoms with Gasteiger partial charge >= 0.3 is 0 Å². The van der Waals surface area contributed by atoms with Crippen LogP contribution in [0.4, 0.5) is 5.82 Å². The molecule has 0 aliphatic carbocycles. The molecule has 1 N–H and O–H groups in total. The molecule has 1 heterocycles. The second-order valence-electron chi connectivity index (χ2n) is 7.84. The Labute approximate surface area is 246 Å². The second-order valence-corrected chi connectivity index (χ2v) is 27.0. The van der Waals surface area contributed by atoms with Crippen molar-refractivity contribution < 1.29 is 9.00 Å². The third-order valence-corrected chi connectivity index (χ3v) is 21.6. The largest absolute Gasteiger partial charge is 0.309 e. The predicted molar refractivity (Wildman–Crippen MR) is 170 cm³/mol. The molecule has 0 fully saturated rings. The van der Waals surface area contributed by atoms with Gasteiger partial charge in [-0.05, 0) is 74.5 Å². The van der Waals surface area contributed by atoms with E-state index in [0.717, 1.165) is 50.0 Å². The van der Waals surface area contributed by atoms with E-state index in [0.29, 0.717) is 16.8 Å². The topological polar surface area (TPSA) is 59.1 Å². The molecular weight excluding hydrogens is 687 g/mol. The van der Waals surface area contributed by atoms with Crippen molar-refractivity contribution in [2.75, 3.05) is 16.8 Å². The van der Waals surface area contributed by atoms with Crippen LogP contribution < -0.4 is 5.32 Å². The number of nitrogens with zero attached hydrogens (tertiary/aromatic N) is 1. The van der Waals surface area contributed by atoms with Crippen molar-refractivity contribution in [3.05, 3.63) is 45.0 Å². The van der Waals surface area contributed by atoms with Crippen molar-refractivity contribution in [1.82, 2.24) is 4.98 Å². The maximum Gasteiger partial charge on any atom is 0.235 e. The summed E-state index contributed by atoms with van der Waals surface area (Å²) < 4.78 is 12.2. The van der Waals surface area contributed by atoms with Gasteiger partial charge in [-0.2, -0.15) is 0 Å². The fraction of sp³-hybridized carbons (Fsp3) is 0.478. The van der Waals surface area contributed by atoms with Gasteiger partial charge in [0.05, 0.1) is 21.0 Å². The highest BCUT2D eigenvalue weighted by molar-refractivity contribution is 9.23. The van der Waals surface area contributed by atoms with E-state index in [1.807, 2.05) is 24.3 Å². The van der Waals surface area contributed by atoms with Crippen LogP contribution in [0.5, 0.6) is 0 Å². The molecule has 12 heteroatoms. The van der Waals surface area contributed by atoms with E-state index in [1.165, 1.54) is 0 Å². The van der Waals surface area contributed by atoms with E-state index in [4.69, 9.17) is 11.8 Å². The zero-order valence-corrected chi connectivity index (χ0v) is 28.4. The number of carbonyl (C=O) groups excluding carboxylic acids is 1. The normalized spacial score (nSPS) is 14.0. The molecule has 1 aromatic heterocycles. The molecule has 0 aliphatic heterocycles. The monoisotopic (exact) mass is 716 g/mol. The molecular formula is C23H31Br2N2O2PS5. The number of pyridine rings is 1. The number of benzene rings is 1. The summed E-state index contributed by atoms with van der Waals surface area (Å²) in [5.41, 5.74) is 1.06. The van der Waals surface area contributed by atoms with Gasteiger partial charge in [0.1, 0.15) is 9.46 Å². The van der Waals surface area contributed by atoms with Gasteiger partial charge in [-0.1, -0.05) is 75.1 Å². The number of hydrogen-bond donors (Lipinski definition) is 1. The zero-order chi connectivity index (χ0) is 26.0. The Morgan fingerprint density at radius 1 is 1.20 bits per heavy atom. The maximum atomic E-state index is 12.8. The van der Waals surface area contributed by atoms with Crippen LogP contribution in [0.3, 0.4) is 0 Å². The molecule has 2 atom stereocenters. The second kappa shape index (κ2) is 15.9. The first-order valence-corrected chi connectivity index (χ1v) is 21.5. The highest BCUT2D eigenvalue weighted by atomic mass is 79.9. The molecule has 2 rings (SSSR count). The lowest BCUT2D eigenvalue weighted by Crippen LogP contribution is -2.15. The van der Waals surface area contributed by atoms with Gasteiger partial charge in [0.15, 0.2) is 0 Å². The fourth-order valence-electron chi connectivity index (χ4n) is 2.94. The van der Waals surface area contributed by atoms with Crippen molar-refractivity contribution in [3.8, 4) is 0 Å². The Morgan fingerprint density at radius 2 is 1.89 bits per heavy atom. The van der Waals surface area contributed by atoms with Crippen molar-refractivity contribution in [2.24, 2.45) is 0 Å². The number of aromatic nitrogens is 1. The van der Waals surface area contributed by atoms with E-state index < -0.39 is 14.4 Å². The Bertz CT molecular complexity index is 1070. The van der Waals surface area contributed by atoms with Gasteiger partial charge in [0.25, 0.3) is 0 Å². The van der Waals surface area contributed by atoms with Gasteiger partial charge in [0, 0.05) is 31.5 Å². The number of amides is 1. The average molecular weight is 719 g/mol. The maximum absolute atomic E-state index is 12.8. The third kappa shape index (κ3) is 10.7. The van der Waals surface area contributed by atoms with E-state index in [9.17, 15) is 9.00 Å². The minimum absolute atomic E-state index is 0.121. The molecule has 0 aliphatic rings.